The molecule has 2 aromatic rings. The first-order chi connectivity index (χ1) is 11.2. The Balaban J connectivity index is 1.47. The number of hydrogen-bond donors (Lipinski definition) is 1. The second kappa shape index (κ2) is 7.83. The van der Waals surface area contributed by atoms with Crippen molar-refractivity contribution >= 4 is 11.3 Å². The maximum absolute atomic E-state index is 13.5. The average molecular weight is 338 g/mol. The summed E-state index contributed by atoms with van der Waals surface area (Å²) in [6, 6.07) is 6.19. The summed E-state index contributed by atoms with van der Waals surface area (Å²) in [5, 5.41) is 13.0. The molecule has 1 aromatic heterocycles. The van der Waals surface area contributed by atoms with Crippen molar-refractivity contribution in [3.8, 4) is 5.75 Å². The monoisotopic (exact) mass is 338 g/mol. The normalized spacial score (nSPS) is 20.3. The van der Waals surface area contributed by atoms with Crippen LogP contribution in [0.2, 0.25) is 0 Å². The molecule has 1 aliphatic heterocycles. The van der Waals surface area contributed by atoms with Crippen LogP contribution in [0, 0.1) is 5.82 Å². The molecule has 7 heteroatoms. The molecular weight excluding hydrogens is 319 g/mol. The number of aliphatic hydroxyl groups is 1. The van der Waals surface area contributed by atoms with Crippen LogP contribution in [0.15, 0.2) is 35.8 Å². The van der Waals surface area contributed by atoms with Gasteiger partial charge < -0.3 is 14.6 Å². The number of para-hydroxylation sites is 1. The number of halogens is 1. The van der Waals surface area contributed by atoms with E-state index in [2.05, 4.69) is 9.88 Å². The van der Waals surface area contributed by atoms with Gasteiger partial charge in [0.2, 0.25) is 0 Å². The summed E-state index contributed by atoms with van der Waals surface area (Å²) in [5.74, 6) is -0.260. The van der Waals surface area contributed by atoms with Crippen molar-refractivity contribution in [1.29, 1.82) is 0 Å². The molecule has 1 aliphatic rings. The molecular formula is C16H19FN2O3S. The van der Waals surface area contributed by atoms with Gasteiger partial charge in [-0.25, -0.2) is 9.37 Å². The van der Waals surface area contributed by atoms with Crippen molar-refractivity contribution < 1.29 is 19.0 Å². The van der Waals surface area contributed by atoms with E-state index in [1.54, 1.807) is 35.7 Å². The summed E-state index contributed by atoms with van der Waals surface area (Å²) in [5.41, 5.74) is 0. The topological polar surface area (TPSA) is 54.8 Å². The highest BCUT2D eigenvalue weighted by atomic mass is 32.1. The zero-order valence-electron chi connectivity index (χ0n) is 12.6. The Kier molecular flexibility index (Phi) is 5.56. The van der Waals surface area contributed by atoms with Gasteiger partial charge in [0, 0.05) is 31.2 Å². The fourth-order valence-electron chi connectivity index (χ4n) is 2.51. The summed E-state index contributed by atoms with van der Waals surface area (Å²) in [4.78, 5) is 6.39. The fourth-order valence-corrected chi connectivity index (χ4v) is 3.19. The SMILES string of the molecule is O[C@H](COc1ccccc1F)CN1CCO[C@@H](c2nccs2)C1. The molecule has 2 heterocycles. The van der Waals surface area contributed by atoms with Crippen molar-refractivity contribution in [3.05, 3.63) is 46.7 Å². The molecule has 124 valence electrons. The minimum Gasteiger partial charge on any atom is -0.488 e. The van der Waals surface area contributed by atoms with Gasteiger partial charge in [-0.2, -0.15) is 0 Å². The van der Waals surface area contributed by atoms with Crippen LogP contribution >= 0.6 is 11.3 Å². The summed E-state index contributed by atoms with van der Waals surface area (Å²) in [7, 11) is 0. The molecule has 0 bridgehead atoms. The summed E-state index contributed by atoms with van der Waals surface area (Å²) in [6.07, 6.45) is 1.02. The molecule has 1 fully saturated rings. The smallest absolute Gasteiger partial charge is 0.165 e. The van der Waals surface area contributed by atoms with E-state index in [0.29, 0.717) is 19.7 Å². The lowest BCUT2D eigenvalue weighted by Gasteiger charge is -2.33. The number of aliphatic hydroxyl groups excluding tert-OH is 1. The lowest BCUT2D eigenvalue weighted by Crippen LogP contribution is -2.43. The van der Waals surface area contributed by atoms with E-state index in [1.165, 1.54) is 6.07 Å². The number of nitrogens with zero attached hydrogens (tertiary/aromatic N) is 2. The number of aromatic nitrogens is 1. The molecule has 0 radical (unpaired) electrons. The molecule has 5 nitrogen and oxygen atoms in total. The van der Waals surface area contributed by atoms with Crippen molar-refractivity contribution in [2.45, 2.75) is 12.2 Å². The first-order valence-electron chi connectivity index (χ1n) is 7.51. The van der Waals surface area contributed by atoms with E-state index >= 15 is 0 Å². The number of rotatable bonds is 6. The van der Waals surface area contributed by atoms with E-state index < -0.39 is 11.9 Å². The first-order valence-corrected chi connectivity index (χ1v) is 8.39. The quantitative estimate of drug-likeness (QED) is 0.874. The number of morpholine rings is 1. The predicted octanol–water partition coefficient (Wildman–Crippen LogP) is 2.10. The predicted molar refractivity (Wildman–Crippen MR) is 85.1 cm³/mol. The van der Waals surface area contributed by atoms with Crippen LogP contribution in [-0.4, -0.2) is 53.9 Å². The summed E-state index contributed by atoms with van der Waals surface area (Å²) >= 11 is 1.57. The van der Waals surface area contributed by atoms with Crippen LogP contribution < -0.4 is 4.74 Å². The Morgan fingerprint density at radius 3 is 3.13 bits per heavy atom. The van der Waals surface area contributed by atoms with Crippen LogP contribution in [0.1, 0.15) is 11.1 Å². The average Bonchev–Trinajstić information content (AvgIpc) is 3.09. The molecule has 0 saturated carbocycles. The number of hydrogen-bond acceptors (Lipinski definition) is 6. The van der Waals surface area contributed by atoms with Gasteiger partial charge in [-0.05, 0) is 12.1 Å². The third kappa shape index (κ3) is 4.48. The molecule has 0 unspecified atom stereocenters. The van der Waals surface area contributed by atoms with Gasteiger partial charge in [-0.1, -0.05) is 12.1 Å². The maximum Gasteiger partial charge on any atom is 0.165 e. The van der Waals surface area contributed by atoms with E-state index in [9.17, 15) is 9.50 Å². The molecule has 2 atom stereocenters. The number of ether oxygens (including phenoxy) is 2. The highest BCUT2D eigenvalue weighted by molar-refractivity contribution is 7.09. The number of β-amino-alcohol motifs (C(OH)–C–C–N with tert-alkyl or cyclic N) is 1. The molecule has 3 rings (SSSR count). The van der Waals surface area contributed by atoms with Crippen LogP contribution in [0.4, 0.5) is 4.39 Å². The van der Waals surface area contributed by atoms with E-state index in [1.807, 2.05) is 5.38 Å². The Labute approximate surface area is 138 Å². The summed E-state index contributed by atoms with van der Waals surface area (Å²) in [6.45, 7) is 2.55. The minimum absolute atomic E-state index is 0.0524. The molecule has 1 aromatic carbocycles. The highest BCUT2D eigenvalue weighted by Gasteiger charge is 2.25. The van der Waals surface area contributed by atoms with Gasteiger partial charge in [0.1, 0.15) is 23.8 Å². The third-order valence-electron chi connectivity index (χ3n) is 3.61. The lowest BCUT2D eigenvalue weighted by molar-refractivity contribution is -0.0461. The van der Waals surface area contributed by atoms with Gasteiger partial charge in [0.25, 0.3) is 0 Å². The molecule has 1 saturated heterocycles. The second-order valence-electron chi connectivity index (χ2n) is 5.38. The Morgan fingerprint density at radius 2 is 2.35 bits per heavy atom. The number of thiazole rings is 1. The Morgan fingerprint density at radius 1 is 1.48 bits per heavy atom. The molecule has 1 N–H and O–H groups in total. The van der Waals surface area contributed by atoms with E-state index in [4.69, 9.17) is 9.47 Å². The largest absolute Gasteiger partial charge is 0.488 e. The van der Waals surface area contributed by atoms with Crippen molar-refractivity contribution in [2.24, 2.45) is 0 Å². The van der Waals surface area contributed by atoms with Crippen molar-refractivity contribution in [2.75, 3.05) is 32.8 Å². The van der Waals surface area contributed by atoms with Crippen LogP contribution in [0.3, 0.4) is 0 Å². The Bertz CT molecular complexity index is 611. The maximum atomic E-state index is 13.5. The molecule has 23 heavy (non-hydrogen) atoms. The highest BCUT2D eigenvalue weighted by Crippen LogP contribution is 2.24. The van der Waals surface area contributed by atoms with Crippen LogP contribution in [-0.2, 0) is 4.74 Å². The van der Waals surface area contributed by atoms with Crippen molar-refractivity contribution in [1.82, 2.24) is 9.88 Å². The van der Waals surface area contributed by atoms with Gasteiger partial charge in [0.05, 0.1) is 6.61 Å². The molecule has 0 amide bonds. The second-order valence-corrected chi connectivity index (χ2v) is 6.31. The zero-order valence-corrected chi connectivity index (χ0v) is 13.4. The van der Waals surface area contributed by atoms with E-state index in [-0.39, 0.29) is 18.5 Å². The Hall–Kier alpha value is -1.54. The minimum atomic E-state index is -0.690. The van der Waals surface area contributed by atoms with Crippen LogP contribution in [0.5, 0.6) is 5.75 Å². The molecule has 0 aliphatic carbocycles. The first kappa shape index (κ1) is 16.3. The molecule has 0 spiro atoms. The third-order valence-corrected chi connectivity index (χ3v) is 4.48. The lowest BCUT2D eigenvalue weighted by atomic mass is 10.2. The van der Waals surface area contributed by atoms with Gasteiger partial charge >= 0.3 is 0 Å². The van der Waals surface area contributed by atoms with Gasteiger partial charge in [-0.3, -0.25) is 4.90 Å². The standard InChI is InChI=1S/C16H19FN2O3S/c17-13-3-1-2-4-14(13)22-11-12(20)9-19-6-7-21-15(10-19)16-18-5-8-23-16/h1-5,8,12,15,20H,6-7,9-11H2/t12-,15+/m0/s1. The summed E-state index contributed by atoms with van der Waals surface area (Å²) < 4.78 is 24.5. The zero-order chi connectivity index (χ0) is 16.1. The fraction of sp³-hybridized carbons (Fsp3) is 0.438. The van der Waals surface area contributed by atoms with E-state index in [0.717, 1.165) is 11.6 Å². The number of benzene rings is 1. The van der Waals surface area contributed by atoms with Gasteiger partial charge in [-0.15, -0.1) is 11.3 Å². The van der Waals surface area contributed by atoms with Crippen molar-refractivity contribution in [3.63, 3.8) is 0 Å². The van der Waals surface area contributed by atoms with Crippen LogP contribution in [0.25, 0.3) is 0 Å². The van der Waals surface area contributed by atoms with Gasteiger partial charge in [0.15, 0.2) is 11.6 Å².